The number of carbonyl (C=O) groups is 1. The predicted octanol–water partition coefficient (Wildman–Crippen LogP) is 3.48. The number of hydrogen-bond donors (Lipinski definition) is 1. The first kappa shape index (κ1) is 13.6. The summed E-state index contributed by atoms with van der Waals surface area (Å²) in [4.78, 5) is 11.0. The molecular weight excluding hydrogens is 240 g/mol. The first-order chi connectivity index (χ1) is 9.06. The molecule has 0 aliphatic rings. The summed E-state index contributed by atoms with van der Waals surface area (Å²) in [5, 5.41) is 14.6. The molecule has 2 aromatic rings. The van der Waals surface area contributed by atoms with E-state index in [1.807, 2.05) is 17.7 Å². The Bertz CT molecular complexity index is 597. The summed E-state index contributed by atoms with van der Waals surface area (Å²) in [6.07, 6.45) is 2.26. The summed E-state index contributed by atoms with van der Waals surface area (Å²) in [6.45, 7) is 7.32. The minimum Gasteiger partial charge on any atom is -0.478 e. The molecule has 0 atom stereocenters. The summed E-state index contributed by atoms with van der Waals surface area (Å²) in [6, 6.07) is 5.14. The number of carboxylic acid groups (broad SMARTS) is 1. The van der Waals surface area contributed by atoms with Crippen LogP contribution in [0.2, 0.25) is 0 Å². The van der Waals surface area contributed by atoms with Gasteiger partial charge in [0.25, 0.3) is 0 Å². The van der Waals surface area contributed by atoms with Gasteiger partial charge in [-0.05, 0) is 25.0 Å². The summed E-state index contributed by atoms with van der Waals surface area (Å²) in [5.41, 5.74) is 2.17. The van der Waals surface area contributed by atoms with Gasteiger partial charge in [0.2, 0.25) is 0 Å². The Hall–Kier alpha value is -1.84. The second-order valence-electron chi connectivity index (χ2n) is 4.99. The number of nitrogens with zero attached hydrogens (tertiary/aromatic N) is 2. The lowest BCUT2D eigenvalue weighted by atomic mass is 10.0. The molecule has 102 valence electrons. The molecule has 0 aliphatic carbocycles. The predicted molar refractivity (Wildman–Crippen MR) is 75.5 cm³/mol. The third kappa shape index (κ3) is 2.62. The number of fused-ring (bicyclic) bond motifs is 1. The van der Waals surface area contributed by atoms with Crippen LogP contribution in [0, 0.1) is 12.8 Å². The molecule has 0 unspecified atom stereocenters. The zero-order valence-corrected chi connectivity index (χ0v) is 11.7. The molecule has 1 aromatic heterocycles. The number of aryl methyl sites for hydroxylation is 1. The van der Waals surface area contributed by atoms with Crippen LogP contribution < -0.4 is 0 Å². The molecule has 0 aliphatic heterocycles. The monoisotopic (exact) mass is 260 g/mol. The summed E-state index contributed by atoms with van der Waals surface area (Å²) < 4.78 is 2.01. The van der Waals surface area contributed by atoms with Crippen molar-refractivity contribution in [1.82, 2.24) is 9.78 Å². The number of rotatable bonds is 5. The second-order valence-corrected chi connectivity index (χ2v) is 4.99. The van der Waals surface area contributed by atoms with Crippen LogP contribution >= 0.6 is 0 Å². The lowest BCUT2D eigenvalue weighted by molar-refractivity contribution is 0.0697. The Kier molecular flexibility index (Phi) is 3.88. The van der Waals surface area contributed by atoms with Crippen molar-refractivity contribution in [3.63, 3.8) is 0 Å². The van der Waals surface area contributed by atoms with Gasteiger partial charge in [-0.25, -0.2) is 4.79 Å². The number of carboxylic acids is 1. The molecule has 19 heavy (non-hydrogen) atoms. The van der Waals surface area contributed by atoms with E-state index in [1.165, 1.54) is 0 Å². The van der Waals surface area contributed by atoms with E-state index in [9.17, 15) is 4.79 Å². The molecule has 4 nitrogen and oxygen atoms in total. The van der Waals surface area contributed by atoms with E-state index in [-0.39, 0.29) is 0 Å². The maximum atomic E-state index is 11.0. The Labute approximate surface area is 113 Å². The minimum atomic E-state index is -0.908. The molecule has 0 fully saturated rings. The van der Waals surface area contributed by atoms with E-state index in [0.717, 1.165) is 36.0 Å². The zero-order chi connectivity index (χ0) is 14.0. The molecule has 0 amide bonds. The van der Waals surface area contributed by atoms with Crippen LogP contribution in [0.15, 0.2) is 18.2 Å². The van der Waals surface area contributed by atoms with Crippen molar-refractivity contribution < 1.29 is 9.90 Å². The molecule has 1 N–H and O–H groups in total. The van der Waals surface area contributed by atoms with Gasteiger partial charge in [0.05, 0.1) is 11.1 Å². The third-order valence-corrected chi connectivity index (χ3v) is 3.84. The average molecular weight is 260 g/mol. The van der Waals surface area contributed by atoms with Crippen LogP contribution in [0.25, 0.3) is 10.9 Å². The van der Waals surface area contributed by atoms with E-state index >= 15 is 0 Å². The highest BCUT2D eigenvalue weighted by molar-refractivity contribution is 5.93. The summed E-state index contributed by atoms with van der Waals surface area (Å²) in [5.74, 6) is -0.291. The van der Waals surface area contributed by atoms with Gasteiger partial charge in [0.1, 0.15) is 0 Å². The molecule has 4 heteroatoms. The van der Waals surface area contributed by atoms with Crippen LogP contribution in [-0.2, 0) is 6.54 Å². The largest absolute Gasteiger partial charge is 0.478 e. The second kappa shape index (κ2) is 5.43. The zero-order valence-electron chi connectivity index (χ0n) is 11.7. The lowest BCUT2D eigenvalue weighted by Gasteiger charge is -2.13. The van der Waals surface area contributed by atoms with Crippen LogP contribution in [0.3, 0.4) is 0 Å². The van der Waals surface area contributed by atoms with E-state index < -0.39 is 5.97 Å². The van der Waals surface area contributed by atoms with Gasteiger partial charge < -0.3 is 5.11 Å². The van der Waals surface area contributed by atoms with Crippen LogP contribution in [0.4, 0.5) is 0 Å². The highest BCUT2D eigenvalue weighted by Crippen LogP contribution is 2.21. The van der Waals surface area contributed by atoms with E-state index in [0.29, 0.717) is 11.5 Å². The van der Waals surface area contributed by atoms with Crippen LogP contribution in [-0.4, -0.2) is 20.9 Å². The van der Waals surface area contributed by atoms with Gasteiger partial charge in [-0.1, -0.05) is 32.8 Å². The molecular formula is C15H20N2O2. The fourth-order valence-electron chi connectivity index (χ4n) is 2.37. The SMILES string of the molecule is CCC(CC)Cn1nc2cc(C(=O)O)ccc2c1C. The van der Waals surface area contributed by atoms with Crippen molar-refractivity contribution in [3.05, 3.63) is 29.5 Å². The number of aromatic carboxylic acids is 1. The van der Waals surface area contributed by atoms with Gasteiger partial charge in [-0.3, -0.25) is 4.68 Å². The highest BCUT2D eigenvalue weighted by Gasteiger charge is 2.13. The fraction of sp³-hybridized carbons (Fsp3) is 0.467. The van der Waals surface area contributed by atoms with Gasteiger partial charge in [-0.2, -0.15) is 5.10 Å². The standard InChI is InChI=1S/C15H20N2O2/c1-4-11(5-2)9-17-10(3)13-7-6-12(15(18)19)8-14(13)16-17/h6-8,11H,4-5,9H2,1-3H3,(H,18,19). The van der Waals surface area contributed by atoms with Gasteiger partial charge in [0, 0.05) is 17.6 Å². The van der Waals surface area contributed by atoms with Gasteiger partial charge in [0.15, 0.2) is 0 Å². The molecule has 1 heterocycles. The topological polar surface area (TPSA) is 55.1 Å². The third-order valence-electron chi connectivity index (χ3n) is 3.84. The molecule has 1 aromatic carbocycles. The van der Waals surface area contributed by atoms with Crippen LogP contribution in [0.5, 0.6) is 0 Å². The van der Waals surface area contributed by atoms with Gasteiger partial charge in [-0.15, -0.1) is 0 Å². The molecule has 2 rings (SSSR count). The van der Waals surface area contributed by atoms with E-state index in [2.05, 4.69) is 18.9 Å². The highest BCUT2D eigenvalue weighted by atomic mass is 16.4. The number of benzene rings is 1. The lowest BCUT2D eigenvalue weighted by Crippen LogP contribution is -2.11. The quantitative estimate of drug-likeness (QED) is 0.895. The first-order valence-corrected chi connectivity index (χ1v) is 6.77. The molecule has 0 radical (unpaired) electrons. The molecule has 0 bridgehead atoms. The smallest absolute Gasteiger partial charge is 0.335 e. The fourth-order valence-corrected chi connectivity index (χ4v) is 2.37. The molecule has 0 spiro atoms. The first-order valence-electron chi connectivity index (χ1n) is 6.77. The van der Waals surface area contributed by atoms with Crippen molar-refractivity contribution in [3.8, 4) is 0 Å². The minimum absolute atomic E-state index is 0.291. The van der Waals surface area contributed by atoms with Crippen molar-refractivity contribution in [2.75, 3.05) is 0 Å². The molecule has 0 saturated carbocycles. The van der Waals surface area contributed by atoms with Crippen molar-refractivity contribution >= 4 is 16.9 Å². The summed E-state index contributed by atoms with van der Waals surface area (Å²) >= 11 is 0. The normalized spacial score (nSPS) is 11.4. The maximum Gasteiger partial charge on any atom is 0.335 e. The van der Waals surface area contributed by atoms with Gasteiger partial charge >= 0.3 is 5.97 Å². The molecule has 0 saturated heterocycles. The van der Waals surface area contributed by atoms with E-state index in [1.54, 1.807) is 12.1 Å². The van der Waals surface area contributed by atoms with Crippen molar-refractivity contribution in [1.29, 1.82) is 0 Å². The van der Waals surface area contributed by atoms with Crippen molar-refractivity contribution in [2.45, 2.75) is 40.2 Å². The maximum absolute atomic E-state index is 11.0. The summed E-state index contributed by atoms with van der Waals surface area (Å²) in [7, 11) is 0. The van der Waals surface area contributed by atoms with E-state index in [4.69, 9.17) is 5.11 Å². The Morgan fingerprint density at radius 2 is 2.05 bits per heavy atom. The van der Waals surface area contributed by atoms with Crippen molar-refractivity contribution in [2.24, 2.45) is 5.92 Å². The Morgan fingerprint density at radius 1 is 1.37 bits per heavy atom. The number of aromatic nitrogens is 2. The average Bonchev–Trinajstić information content (AvgIpc) is 2.72. The van der Waals surface area contributed by atoms with Crippen LogP contribution in [0.1, 0.15) is 42.7 Å². The Balaban J connectivity index is 2.41. The Morgan fingerprint density at radius 3 is 2.63 bits per heavy atom. The number of hydrogen-bond acceptors (Lipinski definition) is 2.